The molecular formula is C10H15N3O. The molecule has 0 aromatic carbocycles. The van der Waals surface area contributed by atoms with Gasteiger partial charge in [0.25, 0.3) is 0 Å². The molecule has 4 nitrogen and oxygen atoms in total. The van der Waals surface area contributed by atoms with Crippen molar-refractivity contribution in [3.05, 3.63) is 17.0 Å². The van der Waals surface area contributed by atoms with E-state index in [4.69, 9.17) is 5.73 Å². The number of nitrogens with zero attached hydrogens (tertiary/aromatic N) is 2. The van der Waals surface area contributed by atoms with Gasteiger partial charge in [0.2, 0.25) is 0 Å². The fourth-order valence-corrected chi connectivity index (χ4v) is 2.02. The third-order valence-corrected chi connectivity index (χ3v) is 2.76. The van der Waals surface area contributed by atoms with Crippen LogP contribution < -0.4 is 5.73 Å². The van der Waals surface area contributed by atoms with Crippen LogP contribution in [-0.2, 0) is 19.9 Å². The molecule has 0 saturated carbocycles. The third-order valence-electron chi connectivity index (χ3n) is 2.76. The van der Waals surface area contributed by atoms with Crippen LogP contribution in [0.4, 0.5) is 0 Å². The van der Waals surface area contributed by atoms with E-state index in [1.807, 2.05) is 11.7 Å². The van der Waals surface area contributed by atoms with E-state index in [1.165, 1.54) is 5.69 Å². The summed E-state index contributed by atoms with van der Waals surface area (Å²) in [6.45, 7) is 1.71. The molecule has 0 fully saturated rings. The third kappa shape index (κ3) is 1.26. The Balaban J connectivity index is 2.45. The van der Waals surface area contributed by atoms with Crippen molar-refractivity contribution in [1.82, 2.24) is 9.78 Å². The highest BCUT2D eigenvalue weighted by atomic mass is 16.1. The van der Waals surface area contributed by atoms with Crippen molar-refractivity contribution in [2.45, 2.75) is 32.2 Å². The van der Waals surface area contributed by atoms with Crippen LogP contribution in [0.1, 0.15) is 35.1 Å². The lowest BCUT2D eigenvalue weighted by Crippen LogP contribution is -2.27. The quantitative estimate of drug-likeness (QED) is 0.693. The predicted octanol–water partition coefficient (Wildman–Crippen LogP) is 0.439. The van der Waals surface area contributed by atoms with Crippen molar-refractivity contribution < 1.29 is 4.79 Å². The Morgan fingerprint density at radius 1 is 1.57 bits per heavy atom. The summed E-state index contributed by atoms with van der Waals surface area (Å²) >= 11 is 0. The van der Waals surface area contributed by atoms with Gasteiger partial charge < -0.3 is 5.73 Å². The van der Waals surface area contributed by atoms with Crippen molar-refractivity contribution >= 4 is 5.78 Å². The van der Waals surface area contributed by atoms with Crippen LogP contribution in [0.3, 0.4) is 0 Å². The summed E-state index contributed by atoms with van der Waals surface area (Å²) in [6, 6.07) is -0.449. The standard InChI is InChI=1S/C10H15N3O/c1-6(11)10(14)9-7-4-3-5-8(7)13(2)12-9/h6H,3-5,11H2,1-2H3. The number of aryl methyl sites for hydroxylation is 1. The summed E-state index contributed by atoms with van der Waals surface area (Å²) in [6.07, 6.45) is 3.13. The Morgan fingerprint density at radius 3 is 2.93 bits per heavy atom. The second kappa shape index (κ2) is 3.20. The number of rotatable bonds is 2. The van der Waals surface area contributed by atoms with Gasteiger partial charge in [-0.25, -0.2) is 0 Å². The normalized spacial score (nSPS) is 16.8. The van der Waals surface area contributed by atoms with Gasteiger partial charge in [0, 0.05) is 18.3 Å². The van der Waals surface area contributed by atoms with Gasteiger partial charge in [-0.1, -0.05) is 0 Å². The number of Topliss-reactive ketones (excluding diaryl/α,β-unsaturated/α-hetero) is 1. The Labute approximate surface area is 83.1 Å². The van der Waals surface area contributed by atoms with Gasteiger partial charge in [0.15, 0.2) is 5.78 Å². The summed E-state index contributed by atoms with van der Waals surface area (Å²) in [4.78, 5) is 11.7. The molecule has 0 spiro atoms. The fourth-order valence-electron chi connectivity index (χ4n) is 2.02. The van der Waals surface area contributed by atoms with Gasteiger partial charge in [0.1, 0.15) is 5.69 Å². The summed E-state index contributed by atoms with van der Waals surface area (Å²) in [5.74, 6) is -0.0382. The molecule has 1 aromatic heterocycles. The maximum absolute atomic E-state index is 11.7. The SMILES string of the molecule is CC(N)C(=O)c1nn(C)c2c1CCC2. The van der Waals surface area contributed by atoms with Crippen molar-refractivity contribution in [3.63, 3.8) is 0 Å². The van der Waals surface area contributed by atoms with Crippen LogP contribution in [0.15, 0.2) is 0 Å². The number of aromatic nitrogens is 2. The average molecular weight is 193 g/mol. The second-order valence-electron chi connectivity index (χ2n) is 3.90. The molecule has 76 valence electrons. The first-order valence-corrected chi connectivity index (χ1v) is 4.96. The molecule has 1 aliphatic carbocycles. The molecule has 2 N–H and O–H groups in total. The highest BCUT2D eigenvalue weighted by molar-refractivity contribution is 5.99. The van der Waals surface area contributed by atoms with Crippen LogP contribution in [-0.4, -0.2) is 21.6 Å². The van der Waals surface area contributed by atoms with Crippen molar-refractivity contribution in [3.8, 4) is 0 Å². The Morgan fingerprint density at radius 2 is 2.29 bits per heavy atom. The summed E-state index contributed by atoms with van der Waals surface area (Å²) in [7, 11) is 1.89. The van der Waals surface area contributed by atoms with E-state index < -0.39 is 6.04 Å². The summed E-state index contributed by atoms with van der Waals surface area (Å²) in [5.41, 5.74) is 8.49. The molecule has 1 unspecified atom stereocenters. The van der Waals surface area contributed by atoms with E-state index in [0.29, 0.717) is 5.69 Å². The van der Waals surface area contributed by atoms with Gasteiger partial charge >= 0.3 is 0 Å². The van der Waals surface area contributed by atoms with E-state index in [0.717, 1.165) is 24.8 Å². The Bertz CT molecular complexity index is 379. The second-order valence-corrected chi connectivity index (χ2v) is 3.90. The Kier molecular flexibility index (Phi) is 2.15. The average Bonchev–Trinajstić information content (AvgIpc) is 2.68. The van der Waals surface area contributed by atoms with Crippen LogP contribution >= 0.6 is 0 Å². The molecule has 0 bridgehead atoms. The lowest BCUT2D eigenvalue weighted by Gasteiger charge is -2.01. The van der Waals surface area contributed by atoms with Gasteiger partial charge in [-0.3, -0.25) is 9.48 Å². The number of nitrogens with two attached hydrogens (primary N) is 1. The minimum atomic E-state index is -0.449. The molecule has 0 saturated heterocycles. The molecule has 1 aromatic rings. The van der Waals surface area contributed by atoms with E-state index in [-0.39, 0.29) is 5.78 Å². The molecule has 0 radical (unpaired) electrons. The molecule has 2 rings (SSSR count). The van der Waals surface area contributed by atoms with Gasteiger partial charge in [-0.2, -0.15) is 5.10 Å². The summed E-state index contributed by atoms with van der Waals surface area (Å²) < 4.78 is 1.82. The first-order chi connectivity index (χ1) is 6.61. The predicted molar refractivity (Wildman–Crippen MR) is 53.2 cm³/mol. The lowest BCUT2D eigenvalue weighted by atomic mass is 10.1. The molecule has 0 aliphatic heterocycles. The van der Waals surface area contributed by atoms with Gasteiger partial charge in [0.05, 0.1) is 6.04 Å². The topological polar surface area (TPSA) is 60.9 Å². The minimum Gasteiger partial charge on any atom is -0.321 e. The highest BCUT2D eigenvalue weighted by Crippen LogP contribution is 2.25. The number of hydrogen-bond acceptors (Lipinski definition) is 3. The van der Waals surface area contributed by atoms with E-state index in [9.17, 15) is 4.79 Å². The number of hydrogen-bond donors (Lipinski definition) is 1. The van der Waals surface area contributed by atoms with Crippen LogP contribution in [0, 0.1) is 0 Å². The minimum absolute atomic E-state index is 0.0382. The first-order valence-electron chi connectivity index (χ1n) is 4.96. The van der Waals surface area contributed by atoms with Crippen LogP contribution in [0.5, 0.6) is 0 Å². The van der Waals surface area contributed by atoms with Crippen LogP contribution in [0.25, 0.3) is 0 Å². The van der Waals surface area contributed by atoms with E-state index in [1.54, 1.807) is 6.92 Å². The molecule has 0 amide bonds. The first kappa shape index (κ1) is 9.40. The molecule has 14 heavy (non-hydrogen) atoms. The number of ketones is 1. The zero-order valence-electron chi connectivity index (χ0n) is 8.58. The fraction of sp³-hybridized carbons (Fsp3) is 0.600. The van der Waals surface area contributed by atoms with Gasteiger partial charge in [-0.05, 0) is 26.2 Å². The van der Waals surface area contributed by atoms with Crippen LogP contribution in [0.2, 0.25) is 0 Å². The van der Waals surface area contributed by atoms with E-state index in [2.05, 4.69) is 5.10 Å². The highest BCUT2D eigenvalue weighted by Gasteiger charge is 2.26. The number of carbonyl (C=O) groups is 1. The smallest absolute Gasteiger partial charge is 0.199 e. The maximum atomic E-state index is 11.7. The maximum Gasteiger partial charge on any atom is 0.199 e. The molecule has 4 heteroatoms. The zero-order valence-corrected chi connectivity index (χ0v) is 8.58. The zero-order chi connectivity index (χ0) is 10.3. The molecule has 1 heterocycles. The van der Waals surface area contributed by atoms with Gasteiger partial charge in [-0.15, -0.1) is 0 Å². The molecule has 1 atom stereocenters. The number of carbonyl (C=O) groups excluding carboxylic acids is 1. The molecular weight excluding hydrogens is 178 g/mol. The molecule has 1 aliphatic rings. The van der Waals surface area contributed by atoms with E-state index >= 15 is 0 Å². The van der Waals surface area contributed by atoms with Crippen molar-refractivity contribution in [1.29, 1.82) is 0 Å². The van der Waals surface area contributed by atoms with Crippen molar-refractivity contribution in [2.75, 3.05) is 0 Å². The monoisotopic (exact) mass is 193 g/mol. The Hall–Kier alpha value is -1.16. The lowest BCUT2D eigenvalue weighted by molar-refractivity contribution is 0.0961. The number of fused-ring (bicyclic) bond motifs is 1. The van der Waals surface area contributed by atoms with Crippen molar-refractivity contribution in [2.24, 2.45) is 12.8 Å². The largest absolute Gasteiger partial charge is 0.321 e. The summed E-state index contributed by atoms with van der Waals surface area (Å²) in [5, 5.41) is 4.24.